The number of sulfonamides is 1. The van der Waals surface area contributed by atoms with Gasteiger partial charge in [-0.15, -0.1) is 0 Å². The van der Waals surface area contributed by atoms with Gasteiger partial charge in [-0.05, 0) is 43.9 Å². The molecular formula is C14H22N2O3S. The topological polar surface area (TPSA) is 81.4 Å². The van der Waals surface area contributed by atoms with E-state index in [0.29, 0.717) is 22.6 Å². The summed E-state index contributed by atoms with van der Waals surface area (Å²) in [5.41, 5.74) is 7.53. The van der Waals surface area contributed by atoms with E-state index in [9.17, 15) is 8.42 Å². The van der Waals surface area contributed by atoms with Crippen molar-refractivity contribution < 1.29 is 13.2 Å². The fourth-order valence-electron chi connectivity index (χ4n) is 2.85. The molecule has 0 aromatic heterocycles. The number of ether oxygens (including phenoxy) is 1. The molecule has 112 valence electrons. The second-order valence-electron chi connectivity index (χ2n) is 5.37. The van der Waals surface area contributed by atoms with Crippen molar-refractivity contribution in [1.82, 2.24) is 4.72 Å². The van der Waals surface area contributed by atoms with Crippen LogP contribution < -0.4 is 15.2 Å². The lowest BCUT2D eigenvalue weighted by molar-refractivity contribution is 0.416. The van der Waals surface area contributed by atoms with Crippen LogP contribution in [0.4, 0.5) is 5.69 Å². The Labute approximate surface area is 120 Å². The van der Waals surface area contributed by atoms with Crippen molar-refractivity contribution in [2.45, 2.75) is 50.5 Å². The van der Waals surface area contributed by atoms with Crippen LogP contribution in [0.1, 0.15) is 36.8 Å². The molecule has 1 saturated carbocycles. The van der Waals surface area contributed by atoms with Gasteiger partial charge in [0.05, 0.1) is 17.7 Å². The third-order valence-corrected chi connectivity index (χ3v) is 5.69. The molecule has 0 atom stereocenters. The lowest BCUT2D eigenvalue weighted by atomic mass is 10.1. The SMILES string of the molecule is COc1cc(C)c(S(=O)(=O)NC2CCCC2)c(C)c1N. The van der Waals surface area contributed by atoms with Crippen LogP contribution in [0, 0.1) is 13.8 Å². The van der Waals surface area contributed by atoms with Crippen molar-refractivity contribution in [3.05, 3.63) is 17.2 Å². The predicted octanol–water partition coefficient (Wildman–Crippen LogP) is 2.12. The number of nitrogens with two attached hydrogens (primary N) is 1. The second-order valence-corrected chi connectivity index (χ2v) is 7.02. The maximum Gasteiger partial charge on any atom is 0.241 e. The summed E-state index contributed by atoms with van der Waals surface area (Å²) in [6.45, 7) is 3.48. The molecule has 0 spiro atoms. The monoisotopic (exact) mass is 298 g/mol. The van der Waals surface area contributed by atoms with Gasteiger partial charge in [0.1, 0.15) is 5.75 Å². The molecule has 20 heavy (non-hydrogen) atoms. The highest BCUT2D eigenvalue weighted by atomic mass is 32.2. The molecule has 0 saturated heterocycles. The molecule has 0 aliphatic heterocycles. The highest BCUT2D eigenvalue weighted by Crippen LogP contribution is 2.33. The van der Waals surface area contributed by atoms with Crippen molar-refractivity contribution in [2.75, 3.05) is 12.8 Å². The first-order valence-corrected chi connectivity index (χ1v) is 8.31. The molecule has 5 nitrogen and oxygen atoms in total. The molecule has 1 aliphatic rings. The summed E-state index contributed by atoms with van der Waals surface area (Å²) >= 11 is 0. The molecule has 1 aromatic carbocycles. The van der Waals surface area contributed by atoms with Gasteiger partial charge in [-0.3, -0.25) is 0 Å². The lowest BCUT2D eigenvalue weighted by Crippen LogP contribution is -2.33. The Hall–Kier alpha value is -1.27. The quantitative estimate of drug-likeness (QED) is 0.834. The molecular weight excluding hydrogens is 276 g/mol. The number of aryl methyl sites for hydroxylation is 1. The normalized spacial score (nSPS) is 16.6. The summed E-state index contributed by atoms with van der Waals surface area (Å²) in [6.07, 6.45) is 3.97. The molecule has 0 bridgehead atoms. The zero-order valence-corrected chi connectivity index (χ0v) is 13.0. The van der Waals surface area contributed by atoms with Gasteiger partial charge in [0.2, 0.25) is 10.0 Å². The minimum absolute atomic E-state index is 0.0436. The van der Waals surface area contributed by atoms with Gasteiger partial charge in [0.25, 0.3) is 0 Å². The first kappa shape index (κ1) is 15.1. The Morgan fingerprint density at radius 2 is 1.90 bits per heavy atom. The molecule has 1 aliphatic carbocycles. The van der Waals surface area contributed by atoms with Crippen LogP contribution in [0.25, 0.3) is 0 Å². The van der Waals surface area contributed by atoms with Crippen molar-refractivity contribution in [3.8, 4) is 5.75 Å². The van der Waals surface area contributed by atoms with Crippen LogP contribution in [-0.4, -0.2) is 21.6 Å². The number of nitrogens with one attached hydrogen (secondary N) is 1. The van der Waals surface area contributed by atoms with E-state index >= 15 is 0 Å². The van der Waals surface area contributed by atoms with Crippen LogP contribution in [0.3, 0.4) is 0 Å². The zero-order valence-electron chi connectivity index (χ0n) is 12.2. The molecule has 0 amide bonds. The Morgan fingerprint density at radius 1 is 1.30 bits per heavy atom. The van der Waals surface area contributed by atoms with E-state index in [4.69, 9.17) is 10.5 Å². The zero-order chi connectivity index (χ0) is 14.9. The molecule has 2 rings (SSSR count). The molecule has 1 fully saturated rings. The summed E-state index contributed by atoms with van der Waals surface area (Å²) in [6, 6.07) is 1.72. The van der Waals surface area contributed by atoms with Crippen LogP contribution in [-0.2, 0) is 10.0 Å². The van der Waals surface area contributed by atoms with Crippen LogP contribution >= 0.6 is 0 Å². The first-order valence-electron chi connectivity index (χ1n) is 6.83. The Bertz CT molecular complexity index is 605. The Morgan fingerprint density at radius 3 is 2.45 bits per heavy atom. The molecule has 0 unspecified atom stereocenters. The van der Waals surface area contributed by atoms with Crippen molar-refractivity contribution in [2.24, 2.45) is 0 Å². The largest absolute Gasteiger partial charge is 0.495 e. The summed E-state index contributed by atoms with van der Waals surface area (Å²) in [7, 11) is -2.01. The Kier molecular flexibility index (Phi) is 4.25. The van der Waals surface area contributed by atoms with Crippen molar-refractivity contribution in [3.63, 3.8) is 0 Å². The lowest BCUT2D eigenvalue weighted by Gasteiger charge is -2.18. The van der Waals surface area contributed by atoms with E-state index in [0.717, 1.165) is 25.7 Å². The first-order chi connectivity index (χ1) is 9.36. The van der Waals surface area contributed by atoms with Gasteiger partial charge in [-0.2, -0.15) is 0 Å². The number of methoxy groups -OCH3 is 1. The smallest absolute Gasteiger partial charge is 0.241 e. The molecule has 6 heteroatoms. The number of hydrogen-bond donors (Lipinski definition) is 2. The summed E-state index contributed by atoms with van der Waals surface area (Å²) in [5.74, 6) is 0.514. The fraction of sp³-hybridized carbons (Fsp3) is 0.571. The van der Waals surface area contributed by atoms with E-state index in [2.05, 4.69) is 4.72 Å². The average molecular weight is 298 g/mol. The van der Waals surface area contributed by atoms with Crippen molar-refractivity contribution >= 4 is 15.7 Å². The maximum absolute atomic E-state index is 12.6. The van der Waals surface area contributed by atoms with Crippen LogP contribution in [0.2, 0.25) is 0 Å². The molecule has 1 aromatic rings. The van der Waals surface area contributed by atoms with E-state index in [1.54, 1.807) is 19.9 Å². The van der Waals surface area contributed by atoms with E-state index in [1.165, 1.54) is 7.11 Å². The minimum Gasteiger partial charge on any atom is -0.495 e. The van der Waals surface area contributed by atoms with Gasteiger partial charge in [0.15, 0.2) is 0 Å². The molecule has 0 radical (unpaired) electrons. The number of rotatable bonds is 4. The van der Waals surface area contributed by atoms with Crippen LogP contribution in [0.5, 0.6) is 5.75 Å². The highest BCUT2D eigenvalue weighted by molar-refractivity contribution is 7.89. The third kappa shape index (κ3) is 2.76. The predicted molar refractivity (Wildman–Crippen MR) is 79.5 cm³/mol. The average Bonchev–Trinajstić information content (AvgIpc) is 2.85. The van der Waals surface area contributed by atoms with Crippen molar-refractivity contribution in [1.29, 1.82) is 0 Å². The standard InChI is InChI=1S/C14H22N2O3S/c1-9-8-12(19-3)13(15)10(2)14(9)20(17,18)16-11-6-4-5-7-11/h8,11,16H,4-7,15H2,1-3H3. The summed E-state index contributed by atoms with van der Waals surface area (Å²) < 4.78 is 33.1. The maximum atomic E-state index is 12.6. The van der Waals surface area contributed by atoms with E-state index in [-0.39, 0.29) is 10.9 Å². The number of anilines is 1. The van der Waals surface area contributed by atoms with E-state index < -0.39 is 10.0 Å². The summed E-state index contributed by atoms with van der Waals surface area (Å²) in [4.78, 5) is 0.280. The van der Waals surface area contributed by atoms with Gasteiger partial charge >= 0.3 is 0 Å². The van der Waals surface area contributed by atoms with Gasteiger partial charge < -0.3 is 10.5 Å². The number of nitrogen functional groups attached to an aromatic ring is 1. The van der Waals surface area contributed by atoms with Gasteiger partial charge in [-0.25, -0.2) is 13.1 Å². The van der Waals surface area contributed by atoms with E-state index in [1.807, 2.05) is 0 Å². The third-order valence-electron chi connectivity index (χ3n) is 3.88. The van der Waals surface area contributed by atoms with Crippen LogP contribution in [0.15, 0.2) is 11.0 Å². The number of hydrogen-bond acceptors (Lipinski definition) is 4. The van der Waals surface area contributed by atoms with Gasteiger partial charge in [0, 0.05) is 6.04 Å². The Balaban J connectivity index is 2.43. The molecule has 3 N–H and O–H groups in total. The number of benzene rings is 1. The van der Waals surface area contributed by atoms with Gasteiger partial charge in [-0.1, -0.05) is 12.8 Å². The molecule has 0 heterocycles. The summed E-state index contributed by atoms with van der Waals surface area (Å²) in [5, 5.41) is 0. The highest BCUT2D eigenvalue weighted by Gasteiger charge is 2.27. The minimum atomic E-state index is -3.54. The fourth-order valence-corrected chi connectivity index (χ4v) is 4.64. The second kappa shape index (κ2) is 5.61.